The normalized spacial score (nSPS) is 26.1. The molecule has 1 aliphatic heterocycles. The average Bonchev–Trinajstić information content (AvgIpc) is 2.38. The molecule has 1 aliphatic rings. The summed E-state index contributed by atoms with van der Waals surface area (Å²) in [5, 5.41) is 9.06. The number of carbonyl (C=O) groups is 1. The fourth-order valence-electron chi connectivity index (χ4n) is 2.98. The van der Waals surface area contributed by atoms with E-state index in [1.165, 1.54) is 6.07 Å². The average molecular weight is 265 g/mol. The zero-order valence-corrected chi connectivity index (χ0v) is 11.3. The second-order valence-corrected chi connectivity index (χ2v) is 5.34. The van der Waals surface area contributed by atoms with Crippen LogP contribution in [0, 0.1) is 11.7 Å². The zero-order valence-electron chi connectivity index (χ0n) is 11.3. The van der Waals surface area contributed by atoms with E-state index in [9.17, 15) is 9.18 Å². The van der Waals surface area contributed by atoms with Gasteiger partial charge in [-0.2, -0.15) is 0 Å². The van der Waals surface area contributed by atoms with E-state index in [4.69, 9.17) is 5.11 Å². The highest BCUT2D eigenvalue weighted by Crippen LogP contribution is 2.31. The first-order valence-corrected chi connectivity index (χ1v) is 6.73. The van der Waals surface area contributed by atoms with Gasteiger partial charge in [0.15, 0.2) is 0 Å². The van der Waals surface area contributed by atoms with Gasteiger partial charge in [0.05, 0.1) is 5.92 Å². The van der Waals surface area contributed by atoms with Crippen LogP contribution >= 0.6 is 0 Å². The topological polar surface area (TPSA) is 40.5 Å². The Bertz CT molecular complexity index is 463. The second-order valence-electron chi connectivity index (χ2n) is 5.34. The molecule has 1 heterocycles. The lowest BCUT2D eigenvalue weighted by Gasteiger charge is -2.40. The maximum absolute atomic E-state index is 13.8. The summed E-state index contributed by atoms with van der Waals surface area (Å²) < 4.78 is 13.8. The van der Waals surface area contributed by atoms with E-state index in [-0.39, 0.29) is 23.8 Å². The highest BCUT2D eigenvalue weighted by molar-refractivity contribution is 5.70. The van der Waals surface area contributed by atoms with Gasteiger partial charge in [0.1, 0.15) is 5.82 Å². The molecule has 1 fully saturated rings. The molecule has 4 heteroatoms. The van der Waals surface area contributed by atoms with E-state index in [0.717, 1.165) is 0 Å². The zero-order chi connectivity index (χ0) is 14.0. The van der Waals surface area contributed by atoms with Crippen LogP contribution in [0.15, 0.2) is 24.3 Å². The molecule has 0 aromatic heterocycles. The van der Waals surface area contributed by atoms with Crippen LogP contribution in [0.5, 0.6) is 0 Å². The molecule has 0 amide bonds. The van der Waals surface area contributed by atoms with Crippen molar-refractivity contribution in [3.05, 3.63) is 35.6 Å². The second kappa shape index (κ2) is 5.70. The Kier molecular flexibility index (Phi) is 4.20. The Morgan fingerprint density at radius 2 is 2.16 bits per heavy atom. The standard InChI is InChI=1S/C15H20FNO2/c1-10-9-12(15(18)19)7-8-17(10)11(2)13-5-3-4-6-14(13)16/h3-6,10-12H,7-9H2,1-2H3,(H,18,19). The Morgan fingerprint density at radius 3 is 2.74 bits per heavy atom. The minimum absolute atomic E-state index is 0.0223. The molecule has 3 atom stereocenters. The molecule has 0 spiro atoms. The quantitative estimate of drug-likeness (QED) is 0.913. The van der Waals surface area contributed by atoms with Crippen molar-refractivity contribution in [2.24, 2.45) is 5.92 Å². The lowest BCUT2D eigenvalue weighted by molar-refractivity contribution is -0.144. The first-order chi connectivity index (χ1) is 9.00. The number of nitrogens with zero attached hydrogens (tertiary/aromatic N) is 1. The maximum Gasteiger partial charge on any atom is 0.306 e. The summed E-state index contributed by atoms with van der Waals surface area (Å²) in [4.78, 5) is 13.2. The number of benzene rings is 1. The maximum atomic E-state index is 13.8. The Hall–Kier alpha value is -1.42. The number of piperidine rings is 1. The van der Waals surface area contributed by atoms with Gasteiger partial charge in [-0.25, -0.2) is 4.39 Å². The van der Waals surface area contributed by atoms with Gasteiger partial charge in [-0.3, -0.25) is 9.69 Å². The summed E-state index contributed by atoms with van der Waals surface area (Å²) in [5.74, 6) is -1.17. The number of likely N-dealkylation sites (tertiary alicyclic amines) is 1. The predicted molar refractivity (Wildman–Crippen MR) is 71.3 cm³/mol. The molecule has 104 valence electrons. The fraction of sp³-hybridized carbons (Fsp3) is 0.533. The Morgan fingerprint density at radius 1 is 1.47 bits per heavy atom. The fourth-order valence-corrected chi connectivity index (χ4v) is 2.98. The lowest BCUT2D eigenvalue weighted by Crippen LogP contribution is -2.44. The Labute approximate surface area is 113 Å². The third-order valence-corrected chi connectivity index (χ3v) is 4.13. The third-order valence-electron chi connectivity index (χ3n) is 4.13. The van der Waals surface area contributed by atoms with Crippen LogP contribution in [0.2, 0.25) is 0 Å². The van der Waals surface area contributed by atoms with E-state index >= 15 is 0 Å². The smallest absolute Gasteiger partial charge is 0.306 e. The van der Waals surface area contributed by atoms with Crippen molar-refractivity contribution < 1.29 is 14.3 Å². The molecule has 0 aliphatic carbocycles. The number of hydrogen-bond acceptors (Lipinski definition) is 2. The van der Waals surface area contributed by atoms with Crippen molar-refractivity contribution in [3.8, 4) is 0 Å². The van der Waals surface area contributed by atoms with Crippen LogP contribution in [-0.2, 0) is 4.79 Å². The van der Waals surface area contributed by atoms with Gasteiger partial charge in [0.2, 0.25) is 0 Å². The predicted octanol–water partition coefficient (Wildman–Crippen LogP) is 3.07. The monoisotopic (exact) mass is 265 g/mol. The third kappa shape index (κ3) is 2.95. The SMILES string of the molecule is CC1CC(C(=O)O)CCN1C(C)c1ccccc1F. The summed E-state index contributed by atoms with van der Waals surface area (Å²) in [7, 11) is 0. The van der Waals surface area contributed by atoms with Crippen LogP contribution in [0.4, 0.5) is 4.39 Å². The van der Waals surface area contributed by atoms with E-state index in [1.54, 1.807) is 12.1 Å². The number of hydrogen-bond donors (Lipinski definition) is 1. The molecule has 1 aromatic rings. The first-order valence-electron chi connectivity index (χ1n) is 6.73. The highest BCUT2D eigenvalue weighted by Gasteiger charge is 2.32. The van der Waals surface area contributed by atoms with Crippen molar-refractivity contribution >= 4 is 5.97 Å². The number of halogens is 1. The van der Waals surface area contributed by atoms with Crippen LogP contribution in [0.25, 0.3) is 0 Å². The van der Waals surface area contributed by atoms with Gasteiger partial charge in [-0.15, -0.1) is 0 Å². The number of aliphatic carboxylic acids is 1. The summed E-state index contributed by atoms with van der Waals surface area (Å²) in [6, 6.07) is 6.93. The summed E-state index contributed by atoms with van der Waals surface area (Å²) in [5.41, 5.74) is 0.683. The van der Waals surface area contributed by atoms with Gasteiger partial charge in [0.25, 0.3) is 0 Å². The van der Waals surface area contributed by atoms with Gasteiger partial charge in [0, 0.05) is 17.6 Å². The molecular formula is C15H20FNO2. The van der Waals surface area contributed by atoms with Crippen molar-refractivity contribution in [2.45, 2.75) is 38.8 Å². The molecule has 0 radical (unpaired) electrons. The lowest BCUT2D eigenvalue weighted by atomic mass is 9.89. The van der Waals surface area contributed by atoms with Gasteiger partial charge < -0.3 is 5.11 Å². The molecule has 1 N–H and O–H groups in total. The molecule has 3 unspecified atom stereocenters. The summed E-state index contributed by atoms with van der Waals surface area (Å²) in [6.07, 6.45) is 1.27. The number of rotatable bonds is 3. The van der Waals surface area contributed by atoms with Crippen LogP contribution < -0.4 is 0 Å². The first kappa shape index (κ1) is 14.0. The summed E-state index contributed by atoms with van der Waals surface area (Å²) >= 11 is 0. The highest BCUT2D eigenvalue weighted by atomic mass is 19.1. The van der Waals surface area contributed by atoms with Crippen LogP contribution in [0.3, 0.4) is 0 Å². The van der Waals surface area contributed by atoms with E-state index in [0.29, 0.717) is 24.9 Å². The summed E-state index contributed by atoms with van der Waals surface area (Å²) in [6.45, 7) is 4.70. The molecule has 2 rings (SSSR count). The van der Waals surface area contributed by atoms with Crippen molar-refractivity contribution in [2.75, 3.05) is 6.54 Å². The largest absolute Gasteiger partial charge is 0.481 e. The van der Waals surface area contributed by atoms with Crippen LogP contribution in [-0.4, -0.2) is 28.6 Å². The van der Waals surface area contributed by atoms with Crippen molar-refractivity contribution in [1.82, 2.24) is 4.90 Å². The Balaban J connectivity index is 2.11. The van der Waals surface area contributed by atoms with Crippen LogP contribution in [0.1, 0.15) is 38.3 Å². The van der Waals surface area contributed by atoms with Crippen molar-refractivity contribution in [3.63, 3.8) is 0 Å². The minimum atomic E-state index is -0.718. The minimum Gasteiger partial charge on any atom is -0.481 e. The van der Waals surface area contributed by atoms with Gasteiger partial charge in [-0.05, 0) is 39.3 Å². The molecule has 1 saturated heterocycles. The molecule has 19 heavy (non-hydrogen) atoms. The molecule has 0 saturated carbocycles. The molecule has 0 bridgehead atoms. The van der Waals surface area contributed by atoms with E-state index in [1.807, 2.05) is 19.9 Å². The van der Waals surface area contributed by atoms with Gasteiger partial charge in [-0.1, -0.05) is 18.2 Å². The van der Waals surface area contributed by atoms with E-state index < -0.39 is 5.97 Å². The van der Waals surface area contributed by atoms with Crippen molar-refractivity contribution in [1.29, 1.82) is 0 Å². The van der Waals surface area contributed by atoms with Gasteiger partial charge >= 0.3 is 5.97 Å². The van der Waals surface area contributed by atoms with E-state index in [2.05, 4.69) is 4.90 Å². The number of carboxylic acid groups (broad SMARTS) is 1. The molecular weight excluding hydrogens is 245 g/mol. The number of carboxylic acids is 1. The molecule has 1 aromatic carbocycles. The molecule has 3 nitrogen and oxygen atoms in total.